The number of alkyl halides is 3. The summed E-state index contributed by atoms with van der Waals surface area (Å²) in [6.45, 7) is 5.69. The summed E-state index contributed by atoms with van der Waals surface area (Å²) in [5.41, 5.74) is 3.46. The van der Waals surface area contributed by atoms with E-state index in [9.17, 15) is 13.2 Å². The van der Waals surface area contributed by atoms with Crippen molar-refractivity contribution < 1.29 is 17.9 Å². The number of ether oxygens (including phenoxy) is 1. The van der Waals surface area contributed by atoms with Crippen molar-refractivity contribution in [1.29, 1.82) is 0 Å². The predicted molar refractivity (Wildman–Crippen MR) is 78.6 cm³/mol. The number of nitrogens with one attached hydrogen (secondary N) is 1. The lowest BCUT2D eigenvalue weighted by Crippen LogP contribution is -2.37. The summed E-state index contributed by atoms with van der Waals surface area (Å²) in [6, 6.07) is 6.05. The molecule has 0 saturated carbocycles. The minimum absolute atomic E-state index is 0.0624. The summed E-state index contributed by atoms with van der Waals surface area (Å²) in [5.74, 6) is 0. The molecule has 0 aliphatic heterocycles. The van der Waals surface area contributed by atoms with Gasteiger partial charge >= 0.3 is 6.18 Å². The van der Waals surface area contributed by atoms with Gasteiger partial charge in [0.2, 0.25) is 0 Å². The van der Waals surface area contributed by atoms with Crippen molar-refractivity contribution in [2.24, 2.45) is 0 Å². The second kappa shape index (κ2) is 8.39. The van der Waals surface area contributed by atoms with E-state index >= 15 is 0 Å². The second-order valence-electron chi connectivity index (χ2n) is 5.42. The van der Waals surface area contributed by atoms with E-state index in [0.717, 1.165) is 29.7 Å². The van der Waals surface area contributed by atoms with Crippen LogP contribution in [0, 0.1) is 13.8 Å². The van der Waals surface area contributed by atoms with Crippen LogP contribution in [0.15, 0.2) is 18.2 Å². The fourth-order valence-electron chi connectivity index (χ4n) is 2.14. The van der Waals surface area contributed by atoms with Gasteiger partial charge in [0, 0.05) is 6.04 Å². The molecule has 120 valence electrons. The van der Waals surface area contributed by atoms with Crippen LogP contribution in [0.4, 0.5) is 13.2 Å². The van der Waals surface area contributed by atoms with Crippen LogP contribution in [0.2, 0.25) is 0 Å². The van der Waals surface area contributed by atoms with Gasteiger partial charge in [-0.2, -0.15) is 13.2 Å². The van der Waals surface area contributed by atoms with Gasteiger partial charge < -0.3 is 10.1 Å². The molecule has 0 aromatic heterocycles. The van der Waals surface area contributed by atoms with Gasteiger partial charge in [-0.15, -0.1) is 0 Å². The monoisotopic (exact) mass is 303 g/mol. The summed E-state index contributed by atoms with van der Waals surface area (Å²) in [6.07, 6.45) is -2.66. The number of benzene rings is 1. The van der Waals surface area contributed by atoms with Crippen LogP contribution in [0.1, 0.15) is 30.0 Å². The van der Waals surface area contributed by atoms with Crippen LogP contribution in [-0.2, 0) is 11.2 Å². The molecule has 0 fully saturated rings. The average Bonchev–Trinajstić information content (AvgIpc) is 2.38. The van der Waals surface area contributed by atoms with Gasteiger partial charge in [0.15, 0.2) is 0 Å². The zero-order valence-corrected chi connectivity index (χ0v) is 12.9. The van der Waals surface area contributed by atoms with Crippen LogP contribution in [0.25, 0.3) is 0 Å². The minimum Gasteiger partial charge on any atom is -0.370 e. The lowest BCUT2D eigenvalue weighted by Gasteiger charge is -2.20. The molecule has 1 aromatic rings. The van der Waals surface area contributed by atoms with Crippen molar-refractivity contribution in [2.75, 3.05) is 19.8 Å². The fourth-order valence-corrected chi connectivity index (χ4v) is 2.14. The van der Waals surface area contributed by atoms with Crippen molar-refractivity contribution in [3.63, 3.8) is 0 Å². The maximum atomic E-state index is 12.2. The molecule has 2 nitrogen and oxygen atoms in total. The minimum atomic E-state index is -4.27. The summed E-state index contributed by atoms with van der Waals surface area (Å²) < 4.78 is 41.3. The first-order chi connectivity index (χ1) is 9.81. The number of aryl methyl sites for hydroxylation is 2. The van der Waals surface area contributed by atoms with E-state index in [0.29, 0.717) is 6.42 Å². The van der Waals surface area contributed by atoms with Crippen molar-refractivity contribution in [1.82, 2.24) is 5.32 Å². The Balaban J connectivity index is 2.62. The average molecular weight is 303 g/mol. The Labute approximate surface area is 124 Å². The van der Waals surface area contributed by atoms with E-state index in [-0.39, 0.29) is 12.6 Å². The van der Waals surface area contributed by atoms with Gasteiger partial charge in [0.25, 0.3) is 0 Å². The predicted octanol–water partition coefficient (Wildman–Crippen LogP) is 3.79. The Morgan fingerprint density at radius 1 is 1.24 bits per heavy atom. The maximum Gasteiger partial charge on any atom is 0.411 e. The summed E-state index contributed by atoms with van der Waals surface area (Å²) in [4.78, 5) is 0. The molecule has 0 radical (unpaired) electrons. The van der Waals surface area contributed by atoms with Gasteiger partial charge in [-0.3, -0.25) is 0 Å². The smallest absolute Gasteiger partial charge is 0.370 e. The van der Waals surface area contributed by atoms with Crippen molar-refractivity contribution >= 4 is 0 Å². The molecular weight excluding hydrogens is 279 g/mol. The summed E-state index contributed by atoms with van der Waals surface area (Å²) in [7, 11) is 0. The molecule has 0 spiro atoms. The molecule has 1 atom stereocenters. The van der Waals surface area contributed by atoms with E-state index in [1.165, 1.54) is 0 Å². The molecule has 1 unspecified atom stereocenters. The van der Waals surface area contributed by atoms with E-state index in [4.69, 9.17) is 4.74 Å². The van der Waals surface area contributed by atoms with Crippen molar-refractivity contribution in [3.8, 4) is 0 Å². The highest BCUT2D eigenvalue weighted by Gasteiger charge is 2.28. The molecule has 0 bridgehead atoms. The molecule has 21 heavy (non-hydrogen) atoms. The van der Waals surface area contributed by atoms with E-state index in [2.05, 4.69) is 11.4 Å². The third kappa shape index (κ3) is 7.48. The molecule has 0 heterocycles. The van der Waals surface area contributed by atoms with E-state index in [1.807, 2.05) is 32.9 Å². The van der Waals surface area contributed by atoms with Crippen LogP contribution in [0.3, 0.4) is 0 Å². The third-order valence-electron chi connectivity index (χ3n) is 3.24. The first kappa shape index (κ1) is 18.0. The highest BCUT2D eigenvalue weighted by atomic mass is 19.4. The zero-order valence-electron chi connectivity index (χ0n) is 12.9. The van der Waals surface area contributed by atoms with E-state index in [1.54, 1.807) is 0 Å². The van der Waals surface area contributed by atoms with Gasteiger partial charge in [0.1, 0.15) is 6.61 Å². The molecule has 1 rings (SSSR count). The Hall–Kier alpha value is -1.07. The summed E-state index contributed by atoms with van der Waals surface area (Å²) in [5, 5.41) is 3.26. The Morgan fingerprint density at radius 2 is 1.95 bits per heavy atom. The van der Waals surface area contributed by atoms with Crippen LogP contribution >= 0.6 is 0 Å². The van der Waals surface area contributed by atoms with Gasteiger partial charge in [-0.25, -0.2) is 0 Å². The highest BCUT2D eigenvalue weighted by molar-refractivity contribution is 5.31. The lowest BCUT2D eigenvalue weighted by atomic mass is 9.99. The van der Waals surface area contributed by atoms with Crippen molar-refractivity contribution in [2.45, 2.75) is 45.8 Å². The largest absolute Gasteiger partial charge is 0.411 e. The quantitative estimate of drug-likeness (QED) is 0.789. The van der Waals surface area contributed by atoms with Crippen molar-refractivity contribution in [3.05, 3.63) is 34.9 Å². The normalized spacial score (nSPS) is 13.4. The molecule has 5 heteroatoms. The zero-order chi connectivity index (χ0) is 15.9. The molecule has 0 aliphatic rings. The lowest BCUT2D eigenvalue weighted by molar-refractivity contribution is -0.175. The first-order valence-electron chi connectivity index (χ1n) is 7.26. The number of hydrogen-bond donors (Lipinski definition) is 1. The highest BCUT2D eigenvalue weighted by Crippen LogP contribution is 2.16. The topological polar surface area (TPSA) is 21.3 Å². The molecule has 0 amide bonds. The Morgan fingerprint density at radius 3 is 2.57 bits per heavy atom. The van der Waals surface area contributed by atoms with Gasteiger partial charge in [-0.1, -0.05) is 30.7 Å². The number of halogens is 3. The van der Waals surface area contributed by atoms with E-state index < -0.39 is 12.8 Å². The van der Waals surface area contributed by atoms with Gasteiger partial charge in [-0.05, 0) is 44.4 Å². The van der Waals surface area contributed by atoms with Gasteiger partial charge in [0.05, 0.1) is 6.61 Å². The second-order valence-corrected chi connectivity index (χ2v) is 5.42. The first-order valence-corrected chi connectivity index (χ1v) is 7.26. The molecule has 0 aliphatic carbocycles. The third-order valence-corrected chi connectivity index (χ3v) is 3.24. The Bertz CT molecular complexity index is 432. The van der Waals surface area contributed by atoms with Crippen LogP contribution in [-0.4, -0.2) is 32.0 Å². The van der Waals surface area contributed by atoms with Crippen LogP contribution < -0.4 is 5.32 Å². The molecule has 1 aromatic carbocycles. The number of hydrogen-bond acceptors (Lipinski definition) is 2. The fraction of sp³-hybridized carbons (Fsp3) is 0.625. The molecular formula is C16H24F3NO. The SMILES string of the molecule is CCCNC(COCC(F)(F)F)Cc1cc(C)ccc1C. The maximum absolute atomic E-state index is 12.2. The van der Waals surface area contributed by atoms with Crippen LogP contribution in [0.5, 0.6) is 0 Å². The standard InChI is InChI=1S/C16H24F3NO/c1-4-7-20-15(10-21-11-16(17,18)19)9-14-8-12(2)5-6-13(14)3/h5-6,8,15,20H,4,7,9-11H2,1-3H3. The molecule has 1 N–H and O–H groups in total. The Kier molecular flexibility index (Phi) is 7.18. The number of rotatable bonds is 8. The molecule has 0 saturated heterocycles. The summed E-state index contributed by atoms with van der Waals surface area (Å²) >= 11 is 0.